The summed E-state index contributed by atoms with van der Waals surface area (Å²) in [6, 6.07) is 4.15. The largest absolute Gasteiger partial charge is 0.389 e. The first-order chi connectivity index (χ1) is 8.82. The van der Waals surface area contributed by atoms with Crippen LogP contribution in [0.25, 0.3) is 0 Å². The second-order valence-electron chi connectivity index (χ2n) is 4.12. The normalized spacial score (nSPS) is 13.9. The first-order valence-corrected chi connectivity index (χ1v) is 6.56. The Morgan fingerprint density at radius 2 is 2.11 bits per heavy atom. The third-order valence-corrected chi connectivity index (χ3v) is 3.50. The van der Waals surface area contributed by atoms with Crippen LogP contribution in [0.3, 0.4) is 0 Å². The summed E-state index contributed by atoms with van der Waals surface area (Å²) in [6.45, 7) is 2.94. The average molecular weight is 285 g/mol. The van der Waals surface area contributed by atoms with E-state index in [-0.39, 0.29) is 16.6 Å². The number of rotatable bonds is 5. The van der Waals surface area contributed by atoms with Crippen LogP contribution in [0.1, 0.15) is 24.2 Å². The van der Waals surface area contributed by atoms with E-state index in [1.165, 1.54) is 25.1 Å². The Kier molecular flexibility index (Phi) is 5.46. The van der Waals surface area contributed by atoms with Crippen LogP contribution in [0.15, 0.2) is 18.2 Å². The van der Waals surface area contributed by atoms with Crippen LogP contribution in [0.5, 0.6) is 0 Å². The molecule has 0 aliphatic carbocycles. The fourth-order valence-electron chi connectivity index (χ4n) is 1.58. The first-order valence-electron chi connectivity index (χ1n) is 5.57. The van der Waals surface area contributed by atoms with Crippen LogP contribution >= 0.6 is 11.8 Å². The highest BCUT2D eigenvalue weighted by molar-refractivity contribution is 8.13. The van der Waals surface area contributed by atoms with Crippen LogP contribution in [0.4, 0.5) is 5.69 Å². The van der Waals surface area contributed by atoms with Gasteiger partial charge in [-0.05, 0) is 24.6 Å². The Balaban J connectivity index is 2.82. The average Bonchev–Trinajstić information content (AvgIpc) is 2.34. The van der Waals surface area contributed by atoms with Gasteiger partial charge in [0.05, 0.1) is 11.0 Å². The van der Waals surface area contributed by atoms with E-state index in [9.17, 15) is 25.1 Å². The third-order valence-electron chi connectivity index (χ3n) is 2.58. The van der Waals surface area contributed by atoms with Crippen molar-refractivity contribution < 1.29 is 19.9 Å². The lowest BCUT2D eigenvalue weighted by Gasteiger charge is -2.17. The molecule has 0 aliphatic heterocycles. The van der Waals surface area contributed by atoms with Gasteiger partial charge in [0.15, 0.2) is 5.12 Å². The molecule has 6 nitrogen and oxygen atoms in total. The number of carbonyl (C=O) groups is 1. The van der Waals surface area contributed by atoms with E-state index >= 15 is 0 Å². The third kappa shape index (κ3) is 4.30. The number of aliphatic hydroxyl groups excluding tert-OH is 2. The van der Waals surface area contributed by atoms with E-state index in [0.717, 1.165) is 11.8 Å². The number of aryl methyl sites for hydroxylation is 1. The lowest BCUT2D eigenvalue weighted by molar-refractivity contribution is -0.385. The van der Waals surface area contributed by atoms with Crippen LogP contribution < -0.4 is 0 Å². The minimum atomic E-state index is -1.17. The monoisotopic (exact) mass is 285 g/mol. The zero-order chi connectivity index (χ0) is 14.6. The van der Waals surface area contributed by atoms with E-state index in [1.807, 2.05) is 0 Å². The molecule has 0 fully saturated rings. The van der Waals surface area contributed by atoms with Crippen molar-refractivity contribution in [3.8, 4) is 0 Å². The molecule has 1 aromatic rings. The van der Waals surface area contributed by atoms with E-state index < -0.39 is 17.1 Å². The van der Waals surface area contributed by atoms with Gasteiger partial charge in [0.25, 0.3) is 5.69 Å². The van der Waals surface area contributed by atoms with Gasteiger partial charge in [-0.2, -0.15) is 0 Å². The Bertz CT molecular complexity index is 491. The molecule has 104 valence electrons. The fourth-order valence-corrected chi connectivity index (χ4v) is 2.17. The molecule has 0 bridgehead atoms. The van der Waals surface area contributed by atoms with Gasteiger partial charge in [-0.15, -0.1) is 0 Å². The molecular weight excluding hydrogens is 270 g/mol. The van der Waals surface area contributed by atoms with Crippen LogP contribution in [0, 0.1) is 17.0 Å². The van der Waals surface area contributed by atoms with E-state index in [0.29, 0.717) is 11.1 Å². The number of benzene rings is 1. The van der Waals surface area contributed by atoms with E-state index in [1.54, 1.807) is 6.92 Å². The predicted octanol–water partition coefficient (Wildman–Crippen LogP) is 1.58. The summed E-state index contributed by atoms with van der Waals surface area (Å²) in [5, 5.41) is 30.2. The second-order valence-corrected chi connectivity index (χ2v) is 5.31. The summed E-state index contributed by atoms with van der Waals surface area (Å²) < 4.78 is 0. The second kappa shape index (κ2) is 6.65. The topological polar surface area (TPSA) is 101 Å². The van der Waals surface area contributed by atoms with Crippen molar-refractivity contribution in [3.63, 3.8) is 0 Å². The predicted molar refractivity (Wildman–Crippen MR) is 71.9 cm³/mol. The number of nitrogens with zero attached hydrogens (tertiary/aromatic N) is 1. The van der Waals surface area contributed by atoms with Gasteiger partial charge in [0, 0.05) is 24.3 Å². The SMILES string of the molecule is CC(=O)SCC(O)C(O)c1ccc([N+](=O)[O-])c(C)c1. The molecule has 0 amide bonds. The molecule has 1 aromatic carbocycles. The first kappa shape index (κ1) is 15.6. The van der Waals surface area contributed by atoms with Gasteiger partial charge < -0.3 is 10.2 Å². The van der Waals surface area contributed by atoms with Gasteiger partial charge in [-0.3, -0.25) is 14.9 Å². The summed E-state index contributed by atoms with van der Waals surface area (Å²) in [4.78, 5) is 20.9. The zero-order valence-electron chi connectivity index (χ0n) is 10.6. The molecule has 7 heteroatoms. The highest BCUT2D eigenvalue weighted by Crippen LogP contribution is 2.25. The Morgan fingerprint density at radius 3 is 2.58 bits per heavy atom. The van der Waals surface area contributed by atoms with Crippen molar-refractivity contribution in [2.24, 2.45) is 0 Å². The summed E-state index contributed by atoms with van der Waals surface area (Å²) in [6.07, 6.45) is -2.28. The molecule has 0 aliphatic rings. The lowest BCUT2D eigenvalue weighted by Crippen LogP contribution is -2.21. The van der Waals surface area contributed by atoms with Gasteiger partial charge in [0.1, 0.15) is 6.10 Å². The number of hydrogen-bond donors (Lipinski definition) is 2. The maximum absolute atomic E-state index is 10.8. The molecule has 0 heterocycles. The molecule has 0 saturated heterocycles. The number of nitro benzene ring substituents is 1. The van der Waals surface area contributed by atoms with E-state index in [4.69, 9.17) is 0 Å². The molecule has 0 radical (unpaired) electrons. The van der Waals surface area contributed by atoms with Gasteiger partial charge in [0.2, 0.25) is 0 Å². The number of nitro groups is 1. The van der Waals surface area contributed by atoms with Crippen LogP contribution in [0.2, 0.25) is 0 Å². The standard InChI is InChI=1S/C12H15NO5S/c1-7-5-9(3-4-10(7)13(17)18)12(16)11(15)6-19-8(2)14/h3-5,11-12,15-16H,6H2,1-2H3. The smallest absolute Gasteiger partial charge is 0.272 e. The van der Waals surface area contributed by atoms with Crippen molar-refractivity contribution in [3.05, 3.63) is 39.4 Å². The molecule has 2 atom stereocenters. The van der Waals surface area contributed by atoms with Crippen molar-refractivity contribution >= 4 is 22.6 Å². The molecular formula is C12H15NO5S. The maximum Gasteiger partial charge on any atom is 0.272 e. The minimum absolute atomic E-state index is 0.0384. The Labute approximate surface area is 114 Å². The molecule has 2 N–H and O–H groups in total. The van der Waals surface area contributed by atoms with Crippen molar-refractivity contribution in [2.45, 2.75) is 26.1 Å². The maximum atomic E-state index is 10.8. The summed E-state index contributed by atoms with van der Waals surface area (Å²) >= 11 is 0.917. The van der Waals surface area contributed by atoms with Gasteiger partial charge >= 0.3 is 0 Å². The Hall–Kier alpha value is -1.44. The zero-order valence-corrected chi connectivity index (χ0v) is 11.4. The highest BCUT2D eigenvalue weighted by atomic mass is 32.2. The number of aliphatic hydroxyl groups is 2. The van der Waals surface area contributed by atoms with Crippen LogP contribution in [-0.2, 0) is 4.79 Å². The summed E-state index contributed by atoms with van der Waals surface area (Å²) in [7, 11) is 0. The molecule has 0 saturated carbocycles. The van der Waals surface area contributed by atoms with E-state index in [2.05, 4.69) is 0 Å². The molecule has 19 heavy (non-hydrogen) atoms. The molecule has 2 unspecified atom stereocenters. The number of thioether (sulfide) groups is 1. The summed E-state index contributed by atoms with van der Waals surface area (Å²) in [5.41, 5.74) is 0.760. The Morgan fingerprint density at radius 1 is 1.47 bits per heavy atom. The van der Waals surface area contributed by atoms with Crippen molar-refractivity contribution in [1.29, 1.82) is 0 Å². The minimum Gasteiger partial charge on any atom is -0.389 e. The molecule has 0 aromatic heterocycles. The summed E-state index contributed by atoms with van der Waals surface area (Å²) in [5.74, 6) is 0.0759. The highest BCUT2D eigenvalue weighted by Gasteiger charge is 2.21. The van der Waals surface area contributed by atoms with Crippen molar-refractivity contribution in [2.75, 3.05) is 5.75 Å². The number of carbonyl (C=O) groups excluding carboxylic acids is 1. The lowest BCUT2D eigenvalue weighted by atomic mass is 10.0. The fraction of sp³-hybridized carbons (Fsp3) is 0.417. The molecule has 1 rings (SSSR count). The van der Waals surface area contributed by atoms with Crippen LogP contribution in [-0.4, -0.2) is 32.1 Å². The van der Waals surface area contributed by atoms with Gasteiger partial charge in [-0.25, -0.2) is 0 Å². The van der Waals surface area contributed by atoms with Crippen molar-refractivity contribution in [1.82, 2.24) is 0 Å². The van der Waals surface area contributed by atoms with Gasteiger partial charge in [-0.1, -0.05) is 11.8 Å². The quantitative estimate of drug-likeness (QED) is 0.629. The molecule has 0 spiro atoms. The number of hydrogen-bond acceptors (Lipinski definition) is 6.